The molecular formula is C30H26N8O2. The van der Waals surface area contributed by atoms with Crippen LogP contribution in [-0.4, -0.2) is 52.9 Å². The number of ether oxygens (including phenoxy) is 1. The molecule has 1 N–H and O–H groups in total. The van der Waals surface area contributed by atoms with Crippen molar-refractivity contribution < 1.29 is 9.53 Å². The van der Waals surface area contributed by atoms with Gasteiger partial charge in [-0.2, -0.15) is 5.10 Å². The summed E-state index contributed by atoms with van der Waals surface area (Å²) in [6, 6.07) is 13.0. The molecule has 0 bridgehead atoms. The van der Waals surface area contributed by atoms with E-state index in [1.54, 1.807) is 15.6 Å². The van der Waals surface area contributed by atoms with Gasteiger partial charge in [0.1, 0.15) is 35.4 Å². The smallest absolute Gasteiger partial charge is 0.246 e. The van der Waals surface area contributed by atoms with Crippen LogP contribution in [0.25, 0.3) is 16.7 Å². The Kier molecular flexibility index (Phi) is 6.77. The Balaban J connectivity index is 1.23. The molecule has 0 aliphatic carbocycles. The third kappa shape index (κ3) is 5.17. The van der Waals surface area contributed by atoms with Gasteiger partial charge in [-0.3, -0.25) is 4.79 Å². The van der Waals surface area contributed by atoms with Gasteiger partial charge in [0.2, 0.25) is 5.91 Å². The fraction of sp³-hybridized carbons (Fsp3) is 0.200. The second kappa shape index (κ2) is 10.8. The zero-order chi connectivity index (χ0) is 27.5. The number of likely N-dealkylation sites (tertiary alicyclic amines) is 1. The summed E-state index contributed by atoms with van der Waals surface area (Å²) in [7, 11) is 0. The first kappa shape index (κ1) is 25.0. The highest BCUT2D eigenvalue weighted by Crippen LogP contribution is 2.30. The van der Waals surface area contributed by atoms with Crippen LogP contribution < -0.4 is 10.1 Å². The van der Waals surface area contributed by atoms with Crippen molar-refractivity contribution >= 4 is 34.1 Å². The number of piperidine rings is 1. The SMILES string of the molecule is C=CC(=O)N1CCCC[C@@H]1C#Cc1ccc2ncnc(Nc3ccc(Oc4ccn5ncnc5c4)c(C)c3)c2n1. The van der Waals surface area contributed by atoms with E-state index < -0.39 is 0 Å². The standard InChI is InChI=1S/C30H26N8O2/c1-3-28(39)37-14-5-4-6-23(37)10-7-21-8-11-25-29(35-21)30(33-18-31-25)36-22-9-12-26(20(2)16-22)40-24-13-15-38-27(17-24)32-19-34-38/h3,8-9,11-13,15-19,23H,1,4-6,14H2,2H3,(H,31,33,36)/t23-/m1/s1. The largest absolute Gasteiger partial charge is 0.457 e. The molecule has 0 unspecified atom stereocenters. The summed E-state index contributed by atoms with van der Waals surface area (Å²) in [5.74, 6) is 8.28. The summed E-state index contributed by atoms with van der Waals surface area (Å²) >= 11 is 0. The number of aromatic nitrogens is 6. The molecule has 1 atom stereocenters. The number of amides is 1. The molecule has 198 valence electrons. The number of anilines is 2. The molecule has 40 heavy (non-hydrogen) atoms. The van der Waals surface area contributed by atoms with E-state index >= 15 is 0 Å². The van der Waals surface area contributed by atoms with Gasteiger partial charge in [-0.15, -0.1) is 0 Å². The van der Waals surface area contributed by atoms with E-state index in [4.69, 9.17) is 9.72 Å². The van der Waals surface area contributed by atoms with Gasteiger partial charge in [0.25, 0.3) is 0 Å². The topological polar surface area (TPSA) is 110 Å². The molecule has 0 spiro atoms. The predicted molar refractivity (Wildman–Crippen MR) is 151 cm³/mol. The van der Waals surface area contributed by atoms with Crippen molar-refractivity contribution in [2.45, 2.75) is 32.2 Å². The first-order valence-corrected chi connectivity index (χ1v) is 13.0. The number of benzene rings is 1. The summed E-state index contributed by atoms with van der Waals surface area (Å²) in [6.07, 6.45) is 9.01. The second-order valence-electron chi connectivity index (χ2n) is 9.44. The summed E-state index contributed by atoms with van der Waals surface area (Å²) in [5.41, 5.74) is 4.38. The van der Waals surface area contributed by atoms with E-state index in [0.29, 0.717) is 40.5 Å². The van der Waals surface area contributed by atoms with Crippen LogP contribution in [0, 0.1) is 18.8 Å². The van der Waals surface area contributed by atoms with Crippen LogP contribution >= 0.6 is 0 Å². The Morgan fingerprint density at radius 3 is 2.92 bits per heavy atom. The highest BCUT2D eigenvalue weighted by Gasteiger charge is 2.23. The van der Waals surface area contributed by atoms with E-state index in [1.807, 2.05) is 49.4 Å². The van der Waals surface area contributed by atoms with Gasteiger partial charge in [-0.25, -0.2) is 24.5 Å². The molecule has 5 heterocycles. The van der Waals surface area contributed by atoms with Crippen molar-refractivity contribution in [3.8, 4) is 23.3 Å². The number of rotatable bonds is 5. The average Bonchev–Trinajstić information content (AvgIpc) is 3.45. The number of aryl methyl sites for hydroxylation is 1. The zero-order valence-electron chi connectivity index (χ0n) is 21.9. The van der Waals surface area contributed by atoms with Crippen LogP contribution in [0.4, 0.5) is 11.5 Å². The number of hydrogen-bond acceptors (Lipinski definition) is 8. The summed E-state index contributed by atoms with van der Waals surface area (Å²) in [5, 5.41) is 7.47. The Labute approximate surface area is 230 Å². The van der Waals surface area contributed by atoms with Crippen LogP contribution in [0.2, 0.25) is 0 Å². The van der Waals surface area contributed by atoms with Crippen molar-refractivity contribution in [3.63, 3.8) is 0 Å². The minimum absolute atomic E-state index is 0.0894. The lowest BCUT2D eigenvalue weighted by Gasteiger charge is -2.31. The Morgan fingerprint density at radius 1 is 1.12 bits per heavy atom. The van der Waals surface area contributed by atoms with E-state index in [-0.39, 0.29) is 11.9 Å². The highest BCUT2D eigenvalue weighted by molar-refractivity contribution is 5.88. The van der Waals surface area contributed by atoms with Crippen molar-refractivity contribution in [1.29, 1.82) is 0 Å². The van der Waals surface area contributed by atoms with Crippen LogP contribution in [0.5, 0.6) is 11.5 Å². The number of carbonyl (C=O) groups excluding carboxylic acids is 1. The minimum atomic E-state index is -0.150. The summed E-state index contributed by atoms with van der Waals surface area (Å²) < 4.78 is 7.77. The fourth-order valence-electron chi connectivity index (χ4n) is 4.69. The van der Waals surface area contributed by atoms with E-state index in [1.165, 1.54) is 18.7 Å². The van der Waals surface area contributed by atoms with Crippen molar-refractivity contribution in [3.05, 3.63) is 85.2 Å². The van der Waals surface area contributed by atoms with Gasteiger partial charge in [0, 0.05) is 24.5 Å². The fourth-order valence-corrected chi connectivity index (χ4v) is 4.69. The van der Waals surface area contributed by atoms with E-state index in [0.717, 1.165) is 36.3 Å². The number of hydrogen-bond donors (Lipinski definition) is 1. The molecule has 1 aliphatic heterocycles. The maximum Gasteiger partial charge on any atom is 0.246 e. The average molecular weight is 531 g/mol. The predicted octanol–water partition coefficient (Wildman–Crippen LogP) is 4.83. The molecule has 1 saturated heterocycles. The number of nitrogens with one attached hydrogen (secondary N) is 1. The van der Waals surface area contributed by atoms with Gasteiger partial charge >= 0.3 is 0 Å². The number of nitrogens with zero attached hydrogens (tertiary/aromatic N) is 7. The highest BCUT2D eigenvalue weighted by atomic mass is 16.5. The van der Waals surface area contributed by atoms with E-state index in [2.05, 4.69) is 43.8 Å². The molecule has 0 radical (unpaired) electrons. The Bertz CT molecular complexity index is 1800. The van der Waals surface area contributed by atoms with Crippen LogP contribution in [0.3, 0.4) is 0 Å². The van der Waals surface area contributed by atoms with Crippen LogP contribution in [-0.2, 0) is 4.79 Å². The lowest BCUT2D eigenvalue weighted by Crippen LogP contribution is -2.42. The first-order chi connectivity index (χ1) is 19.6. The maximum atomic E-state index is 12.2. The molecule has 0 saturated carbocycles. The Morgan fingerprint density at radius 2 is 2.05 bits per heavy atom. The summed E-state index contributed by atoms with van der Waals surface area (Å²) in [6.45, 7) is 6.29. The monoisotopic (exact) mass is 530 g/mol. The first-order valence-electron chi connectivity index (χ1n) is 13.0. The lowest BCUT2D eigenvalue weighted by molar-refractivity contribution is -0.128. The quantitative estimate of drug-likeness (QED) is 0.254. The van der Waals surface area contributed by atoms with Crippen LogP contribution in [0.1, 0.15) is 30.5 Å². The third-order valence-corrected chi connectivity index (χ3v) is 6.73. The van der Waals surface area contributed by atoms with Gasteiger partial charge in [-0.05, 0) is 80.1 Å². The third-order valence-electron chi connectivity index (χ3n) is 6.73. The van der Waals surface area contributed by atoms with Crippen LogP contribution in [0.15, 0.2) is 74.0 Å². The van der Waals surface area contributed by atoms with Crippen molar-refractivity contribution in [2.24, 2.45) is 0 Å². The maximum absolute atomic E-state index is 12.2. The molecule has 6 rings (SSSR count). The number of carbonyl (C=O) groups is 1. The molecule has 1 aliphatic rings. The Hall–Kier alpha value is -5.30. The van der Waals surface area contributed by atoms with Crippen molar-refractivity contribution in [1.82, 2.24) is 34.4 Å². The normalized spacial score (nSPS) is 14.9. The minimum Gasteiger partial charge on any atom is -0.457 e. The molecular weight excluding hydrogens is 504 g/mol. The molecule has 4 aromatic heterocycles. The molecule has 1 fully saturated rings. The van der Waals surface area contributed by atoms with Gasteiger partial charge < -0.3 is 15.0 Å². The molecule has 1 amide bonds. The second-order valence-corrected chi connectivity index (χ2v) is 9.44. The summed E-state index contributed by atoms with van der Waals surface area (Å²) in [4.78, 5) is 31.8. The molecule has 5 aromatic rings. The zero-order valence-corrected chi connectivity index (χ0v) is 21.9. The van der Waals surface area contributed by atoms with Crippen molar-refractivity contribution in [2.75, 3.05) is 11.9 Å². The molecule has 10 nitrogen and oxygen atoms in total. The van der Waals surface area contributed by atoms with Gasteiger partial charge in [-0.1, -0.05) is 12.5 Å². The van der Waals surface area contributed by atoms with Gasteiger partial charge in [0.15, 0.2) is 11.5 Å². The van der Waals surface area contributed by atoms with E-state index in [9.17, 15) is 4.79 Å². The molecule has 10 heteroatoms. The lowest BCUT2D eigenvalue weighted by atomic mass is 10.0. The number of pyridine rings is 2. The molecule has 1 aromatic carbocycles. The number of fused-ring (bicyclic) bond motifs is 2. The van der Waals surface area contributed by atoms with Gasteiger partial charge in [0.05, 0.1) is 11.6 Å².